The summed E-state index contributed by atoms with van der Waals surface area (Å²) in [7, 11) is 0. The van der Waals surface area contributed by atoms with Crippen LogP contribution < -0.4 is 15.8 Å². The Morgan fingerprint density at radius 3 is 2.59 bits per heavy atom. The summed E-state index contributed by atoms with van der Waals surface area (Å²) in [5.41, 5.74) is 7.11. The summed E-state index contributed by atoms with van der Waals surface area (Å²) in [5.74, 6) is 0.457. The van der Waals surface area contributed by atoms with Crippen LogP contribution in [0.5, 0.6) is 5.75 Å². The number of carbonyl (C=O) groups excluding carboxylic acids is 1. The Kier molecular flexibility index (Phi) is 8.53. The SMILES string of the molecule is CCNC(=O)c1cc2c(-c3cc(OCCCN(CC)CC)c(Cl)cc3Cl)nc(N)nc2s1. The van der Waals surface area contributed by atoms with Crippen LogP contribution in [0.25, 0.3) is 21.5 Å². The first-order chi connectivity index (χ1) is 15.4. The lowest BCUT2D eigenvalue weighted by Crippen LogP contribution is -2.25. The number of nitrogens with two attached hydrogens (primary N) is 1. The molecule has 0 aliphatic carbocycles. The highest BCUT2D eigenvalue weighted by molar-refractivity contribution is 7.20. The fraction of sp³-hybridized carbons (Fsp3) is 0.409. The summed E-state index contributed by atoms with van der Waals surface area (Å²) in [5, 5.41) is 4.33. The van der Waals surface area contributed by atoms with E-state index in [2.05, 4.69) is 34.0 Å². The van der Waals surface area contributed by atoms with Crippen LogP contribution in [0.1, 0.15) is 36.9 Å². The number of hydrogen-bond donors (Lipinski definition) is 2. The molecule has 3 rings (SSSR count). The van der Waals surface area contributed by atoms with E-state index in [0.29, 0.717) is 55.3 Å². The van der Waals surface area contributed by atoms with E-state index >= 15 is 0 Å². The van der Waals surface area contributed by atoms with Gasteiger partial charge in [-0.1, -0.05) is 37.0 Å². The number of nitrogens with one attached hydrogen (secondary N) is 1. The molecule has 0 atom stereocenters. The third kappa shape index (κ3) is 5.61. The molecule has 3 aromatic rings. The van der Waals surface area contributed by atoms with Gasteiger partial charge < -0.3 is 20.7 Å². The lowest BCUT2D eigenvalue weighted by molar-refractivity contribution is 0.0960. The maximum Gasteiger partial charge on any atom is 0.261 e. The molecule has 10 heteroatoms. The van der Waals surface area contributed by atoms with Gasteiger partial charge in [-0.2, -0.15) is 0 Å². The Bertz CT molecular complexity index is 1100. The number of amides is 1. The Balaban J connectivity index is 1.93. The lowest BCUT2D eigenvalue weighted by Gasteiger charge is -2.18. The number of halogens is 2. The highest BCUT2D eigenvalue weighted by atomic mass is 35.5. The number of hydrogen-bond acceptors (Lipinski definition) is 7. The average Bonchev–Trinajstić information content (AvgIpc) is 3.19. The maximum absolute atomic E-state index is 12.3. The molecule has 0 saturated heterocycles. The van der Waals surface area contributed by atoms with Crippen LogP contribution in [0.2, 0.25) is 10.0 Å². The minimum atomic E-state index is -0.167. The zero-order valence-electron chi connectivity index (χ0n) is 18.4. The molecule has 0 radical (unpaired) electrons. The van der Waals surface area contributed by atoms with Gasteiger partial charge in [0.15, 0.2) is 0 Å². The minimum absolute atomic E-state index is 0.101. The van der Waals surface area contributed by atoms with Crippen molar-refractivity contribution in [1.82, 2.24) is 20.2 Å². The van der Waals surface area contributed by atoms with Gasteiger partial charge >= 0.3 is 0 Å². The molecule has 0 spiro atoms. The van der Waals surface area contributed by atoms with Gasteiger partial charge in [0.2, 0.25) is 5.95 Å². The van der Waals surface area contributed by atoms with Crippen molar-refractivity contribution in [2.45, 2.75) is 27.2 Å². The van der Waals surface area contributed by atoms with Gasteiger partial charge in [0.1, 0.15) is 10.6 Å². The Hall–Kier alpha value is -2.13. The van der Waals surface area contributed by atoms with Crippen LogP contribution in [0.3, 0.4) is 0 Å². The standard InChI is InChI=1S/C22H27Cl2N5O2S/c1-4-26-20(30)18-11-14-19(27-22(25)28-21(14)32-18)13-10-17(16(24)12-15(13)23)31-9-7-8-29(5-2)6-3/h10-12H,4-9H2,1-3H3,(H,26,30)(H2,25,27,28). The molecule has 172 valence electrons. The largest absolute Gasteiger partial charge is 0.492 e. The first kappa shape index (κ1) is 24.5. The van der Waals surface area contributed by atoms with Gasteiger partial charge in [0.05, 0.1) is 27.2 Å². The van der Waals surface area contributed by atoms with Crippen molar-refractivity contribution in [3.8, 4) is 17.0 Å². The van der Waals surface area contributed by atoms with Gasteiger partial charge in [-0.15, -0.1) is 11.3 Å². The molecule has 7 nitrogen and oxygen atoms in total. The van der Waals surface area contributed by atoms with Crippen molar-refractivity contribution in [3.63, 3.8) is 0 Å². The van der Waals surface area contributed by atoms with Gasteiger partial charge in [0, 0.05) is 24.0 Å². The number of anilines is 1. The highest BCUT2D eigenvalue weighted by Gasteiger charge is 2.19. The van der Waals surface area contributed by atoms with Crippen molar-refractivity contribution in [2.24, 2.45) is 0 Å². The van der Waals surface area contributed by atoms with Crippen molar-refractivity contribution >= 4 is 56.6 Å². The second-order valence-corrected chi connectivity index (χ2v) is 8.96. The number of rotatable bonds is 10. The maximum atomic E-state index is 12.3. The first-order valence-electron chi connectivity index (χ1n) is 10.6. The molecule has 32 heavy (non-hydrogen) atoms. The smallest absolute Gasteiger partial charge is 0.261 e. The predicted octanol–water partition coefficient (Wildman–Crippen LogP) is 5.11. The second kappa shape index (κ2) is 11.1. The van der Waals surface area contributed by atoms with E-state index in [-0.39, 0.29) is 11.9 Å². The van der Waals surface area contributed by atoms with Gasteiger partial charge in [-0.25, -0.2) is 9.97 Å². The minimum Gasteiger partial charge on any atom is -0.492 e. The zero-order chi connectivity index (χ0) is 23.3. The molecule has 0 bridgehead atoms. The van der Waals surface area contributed by atoms with Crippen molar-refractivity contribution in [1.29, 1.82) is 0 Å². The summed E-state index contributed by atoms with van der Waals surface area (Å²) in [4.78, 5) is 24.5. The van der Waals surface area contributed by atoms with Crippen molar-refractivity contribution in [2.75, 3.05) is 38.5 Å². The molecule has 0 aliphatic rings. The van der Waals surface area contributed by atoms with Gasteiger partial charge in [0.25, 0.3) is 5.91 Å². The Morgan fingerprint density at radius 1 is 1.16 bits per heavy atom. The first-order valence-corrected chi connectivity index (χ1v) is 12.1. The van der Waals surface area contributed by atoms with Gasteiger partial charge in [-0.3, -0.25) is 4.79 Å². The fourth-order valence-corrected chi connectivity index (χ4v) is 4.82. The molecule has 1 amide bonds. The molecule has 2 heterocycles. The molecule has 0 fully saturated rings. The van der Waals surface area contributed by atoms with Crippen LogP contribution in [0, 0.1) is 0 Å². The van der Waals surface area contributed by atoms with Gasteiger partial charge in [-0.05, 0) is 44.6 Å². The summed E-state index contributed by atoms with van der Waals surface area (Å²) >= 11 is 14.2. The molecule has 0 unspecified atom stereocenters. The monoisotopic (exact) mass is 495 g/mol. The third-order valence-electron chi connectivity index (χ3n) is 5.02. The summed E-state index contributed by atoms with van der Waals surface area (Å²) < 4.78 is 5.96. The average molecular weight is 496 g/mol. The predicted molar refractivity (Wildman–Crippen MR) is 133 cm³/mol. The van der Waals surface area contributed by atoms with E-state index in [9.17, 15) is 4.79 Å². The topological polar surface area (TPSA) is 93.4 Å². The normalized spacial score (nSPS) is 11.3. The summed E-state index contributed by atoms with van der Waals surface area (Å²) in [6, 6.07) is 5.17. The van der Waals surface area contributed by atoms with Crippen LogP contribution in [0.4, 0.5) is 5.95 Å². The molecular formula is C22H27Cl2N5O2S. The number of fused-ring (bicyclic) bond motifs is 1. The van der Waals surface area contributed by atoms with E-state index in [0.717, 1.165) is 26.1 Å². The fourth-order valence-electron chi connectivity index (χ4n) is 3.33. The van der Waals surface area contributed by atoms with Crippen LogP contribution in [0.15, 0.2) is 18.2 Å². The molecule has 3 N–H and O–H groups in total. The summed E-state index contributed by atoms with van der Waals surface area (Å²) in [6.45, 7) is 10.2. The van der Waals surface area contributed by atoms with Crippen LogP contribution in [-0.2, 0) is 0 Å². The number of nitrogens with zero attached hydrogens (tertiary/aromatic N) is 3. The molecule has 0 aliphatic heterocycles. The molecule has 2 aromatic heterocycles. The number of carbonyl (C=O) groups is 1. The van der Waals surface area contributed by atoms with E-state index in [1.54, 1.807) is 18.2 Å². The van der Waals surface area contributed by atoms with E-state index < -0.39 is 0 Å². The number of aromatic nitrogens is 2. The summed E-state index contributed by atoms with van der Waals surface area (Å²) in [6.07, 6.45) is 0.876. The number of nitrogen functional groups attached to an aromatic ring is 1. The van der Waals surface area contributed by atoms with E-state index in [1.165, 1.54) is 11.3 Å². The second-order valence-electron chi connectivity index (χ2n) is 7.11. The van der Waals surface area contributed by atoms with E-state index in [4.69, 9.17) is 33.7 Å². The third-order valence-corrected chi connectivity index (χ3v) is 6.65. The van der Waals surface area contributed by atoms with Crippen LogP contribution in [-0.4, -0.2) is 53.6 Å². The lowest BCUT2D eigenvalue weighted by atomic mass is 10.1. The number of thiophene rings is 1. The molecule has 0 saturated carbocycles. The number of benzene rings is 1. The highest BCUT2D eigenvalue weighted by Crippen LogP contribution is 2.40. The van der Waals surface area contributed by atoms with Crippen molar-refractivity contribution in [3.05, 3.63) is 33.1 Å². The van der Waals surface area contributed by atoms with Crippen LogP contribution >= 0.6 is 34.5 Å². The quantitative estimate of drug-likeness (QED) is 0.379. The molecular weight excluding hydrogens is 469 g/mol. The zero-order valence-corrected chi connectivity index (χ0v) is 20.7. The number of ether oxygens (including phenoxy) is 1. The van der Waals surface area contributed by atoms with Crippen molar-refractivity contribution < 1.29 is 9.53 Å². The van der Waals surface area contributed by atoms with E-state index in [1.807, 2.05) is 6.92 Å². The Labute approximate surface area is 201 Å². The Morgan fingerprint density at radius 2 is 1.91 bits per heavy atom. The molecule has 1 aromatic carbocycles.